The van der Waals surface area contributed by atoms with E-state index in [0.717, 1.165) is 25.7 Å². The third-order valence-electron chi connectivity index (χ3n) is 2.64. The van der Waals surface area contributed by atoms with E-state index in [0.29, 0.717) is 5.92 Å². The molecule has 0 rings (SSSR count). The van der Waals surface area contributed by atoms with Crippen molar-refractivity contribution in [1.29, 1.82) is 0 Å². The second-order valence-electron chi connectivity index (χ2n) is 3.87. The maximum Gasteiger partial charge on any atom is 0.0648 e. The topological polar surface area (TPSA) is 20.2 Å². The predicted molar refractivity (Wildman–Crippen MR) is 54.1 cm³/mol. The van der Waals surface area contributed by atoms with E-state index in [4.69, 9.17) is 0 Å². The van der Waals surface area contributed by atoms with E-state index in [1.165, 1.54) is 0 Å². The molecule has 0 fully saturated rings. The van der Waals surface area contributed by atoms with Gasteiger partial charge >= 0.3 is 0 Å². The molecule has 0 aromatic carbocycles. The summed E-state index contributed by atoms with van der Waals surface area (Å²) in [5.74, 6) is 0.391. The zero-order chi connectivity index (χ0) is 9.61. The molecule has 0 saturated carbocycles. The van der Waals surface area contributed by atoms with Crippen LogP contribution in [0.2, 0.25) is 0 Å². The molecule has 1 nitrogen and oxygen atoms in total. The summed E-state index contributed by atoms with van der Waals surface area (Å²) in [6.45, 7) is 9.86. The van der Waals surface area contributed by atoms with E-state index in [1.807, 2.05) is 13.0 Å². The van der Waals surface area contributed by atoms with Gasteiger partial charge in [0.25, 0.3) is 0 Å². The molecule has 12 heavy (non-hydrogen) atoms. The Labute approximate surface area is 76.5 Å². The van der Waals surface area contributed by atoms with E-state index in [1.54, 1.807) is 0 Å². The maximum atomic E-state index is 10.00. The minimum Gasteiger partial charge on any atom is -0.390 e. The summed E-state index contributed by atoms with van der Waals surface area (Å²) >= 11 is 0. The molecule has 0 radical (unpaired) electrons. The summed E-state index contributed by atoms with van der Waals surface area (Å²) in [6, 6.07) is 0. The molecule has 2 unspecified atom stereocenters. The van der Waals surface area contributed by atoms with Crippen LogP contribution in [0.4, 0.5) is 0 Å². The van der Waals surface area contributed by atoms with Crippen molar-refractivity contribution in [3.63, 3.8) is 0 Å². The summed E-state index contributed by atoms with van der Waals surface area (Å²) in [7, 11) is 0. The Kier molecular flexibility index (Phi) is 5.23. The maximum absolute atomic E-state index is 10.00. The Hall–Kier alpha value is -0.300. The van der Waals surface area contributed by atoms with Crippen molar-refractivity contribution in [3.8, 4) is 0 Å². The van der Waals surface area contributed by atoms with Gasteiger partial charge in [-0.15, -0.1) is 6.58 Å². The van der Waals surface area contributed by atoms with Gasteiger partial charge in [-0.2, -0.15) is 0 Å². The summed E-state index contributed by atoms with van der Waals surface area (Å²) in [5.41, 5.74) is -0.510. The van der Waals surface area contributed by atoms with Crippen molar-refractivity contribution in [1.82, 2.24) is 0 Å². The fraction of sp³-hybridized carbons (Fsp3) is 0.818. The summed E-state index contributed by atoms with van der Waals surface area (Å²) < 4.78 is 0. The lowest BCUT2D eigenvalue weighted by molar-refractivity contribution is -0.00432. The zero-order valence-corrected chi connectivity index (χ0v) is 8.64. The van der Waals surface area contributed by atoms with Gasteiger partial charge in [0.05, 0.1) is 5.60 Å². The number of aliphatic hydroxyl groups is 1. The largest absolute Gasteiger partial charge is 0.390 e. The third-order valence-corrected chi connectivity index (χ3v) is 2.64. The van der Waals surface area contributed by atoms with Gasteiger partial charge in [-0.1, -0.05) is 26.3 Å². The molecule has 0 aliphatic carbocycles. The fourth-order valence-corrected chi connectivity index (χ4v) is 1.38. The summed E-state index contributed by atoms with van der Waals surface area (Å²) in [4.78, 5) is 0. The molecule has 0 bridgehead atoms. The van der Waals surface area contributed by atoms with Crippen LogP contribution in [-0.4, -0.2) is 10.7 Å². The van der Waals surface area contributed by atoms with Crippen LogP contribution in [0.1, 0.15) is 46.5 Å². The first kappa shape index (κ1) is 11.7. The van der Waals surface area contributed by atoms with E-state index in [2.05, 4.69) is 20.4 Å². The van der Waals surface area contributed by atoms with Crippen molar-refractivity contribution in [3.05, 3.63) is 12.7 Å². The molecule has 0 spiro atoms. The van der Waals surface area contributed by atoms with Crippen LogP contribution >= 0.6 is 0 Å². The molecule has 1 heteroatoms. The normalized spacial score (nSPS) is 18.3. The third kappa shape index (κ3) is 3.91. The lowest BCUT2D eigenvalue weighted by Gasteiger charge is -2.29. The Morgan fingerprint density at radius 1 is 1.58 bits per heavy atom. The van der Waals surface area contributed by atoms with Crippen LogP contribution in [-0.2, 0) is 0 Å². The highest BCUT2D eigenvalue weighted by Gasteiger charge is 2.26. The number of hydrogen-bond donors (Lipinski definition) is 1. The van der Waals surface area contributed by atoms with Crippen LogP contribution in [0.3, 0.4) is 0 Å². The van der Waals surface area contributed by atoms with Gasteiger partial charge in [-0.25, -0.2) is 0 Å². The molecule has 0 aromatic rings. The first-order valence-corrected chi connectivity index (χ1v) is 4.88. The van der Waals surface area contributed by atoms with Crippen LogP contribution < -0.4 is 0 Å². The molecule has 0 aliphatic rings. The lowest BCUT2D eigenvalue weighted by Crippen LogP contribution is -2.32. The molecular weight excluding hydrogens is 148 g/mol. The second kappa shape index (κ2) is 5.36. The lowest BCUT2D eigenvalue weighted by atomic mass is 9.84. The number of rotatable bonds is 6. The average Bonchev–Trinajstić information content (AvgIpc) is 2.01. The standard InChI is InChI=1S/C11H22O/c1-5-7-9-11(4,12)10(3)8-6-2/h5,10,12H,1,6-9H2,2-4H3. The van der Waals surface area contributed by atoms with Gasteiger partial charge < -0.3 is 5.11 Å². The predicted octanol–water partition coefficient (Wildman–Crippen LogP) is 3.14. The van der Waals surface area contributed by atoms with Gasteiger partial charge in [0.1, 0.15) is 0 Å². The SMILES string of the molecule is C=CCCC(C)(O)C(C)CCC. The number of allylic oxidation sites excluding steroid dienone is 1. The monoisotopic (exact) mass is 170 g/mol. The van der Waals surface area contributed by atoms with Crippen molar-refractivity contribution in [2.75, 3.05) is 0 Å². The molecule has 0 aromatic heterocycles. The first-order valence-electron chi connectivity index (χ1n) is 4.88. The fourth-order valence-electron chi connectivity index (χ4n) is 1.38. The summed E-state index contributed by atoms with van der Waals surface area (Å²) in [5, 5.41) is 10.00. The molecule has 72 valence electrons. The van der Waals surface area contributed by atoms with Gasteiger partial charge in [-0.05, 0) is 32.1 Å². The molecule has 0 aliphatic heterocycles. The quantitative estimate of drug-likeness (QED) is 0.607. The molecule has 1 N–H and O–H groups in total. The van der Waals surface area contributed by atoms with Crippen LogP contribution in [0.15, 0.2) is 12.7 Å². The van der Waals surface area contributed by atoms with E-state index in [9.17, 15) is 5.11 Å². The van der Waals surface area contributed by atoms with Crippen molar-refractivity contribution in [2.24, 2.45) is 5.92 Å². The smallest absolute Gasteiger partial charge is 0.0648 e. The van der Waals surface area contributed by atoms with E-state index >= 15 is 0 Å². The molecule has 0 saturated heterocycles. The van der Waals surface area contributed by atoms with E-state index < -0.39 is 5.60 Å². The molecule has 0 amide bonds. The molecular formula is C11H22O. The molecule has 0 heterocycles. The van der Waals surface area contributed by atoms with Crippen LogP contribution in [0.5, 0.6) is 0 Å². The van der Waals surface area contributed by atoms with Crippen LogP contribution in [0.25, 0.3) is 0 Å². The van der Waals surface area contributed by atoms with Crippen molar-refractivity contribution < 1.29 is 5.11 Å². The first-order chi connectivity index (χ1) is 5.54. The zero-order valence-electron chi connectivity index (χ0n) is 8.64. The van der Waals surface area contributed by atoms with Gasteiger partial charge in [0.2, 0.25) is 0 Å². The highest BCUT2D eigenvalue weighted by molar-refractivity contribution is 4.82. The van der Waals surface area contributed by atoms with Gasteiger partial charge in [0.15, 0.2) is 0 Å². The van der Waals surface area contributed by atoms with Crippen LogP contribution in [0, 0.1) is 5.92 Å². The highest BCUT2D eigenvalue weighted by Crippen LogP contribution is 2.26. The Morgan fingerprint density at radius 2 is 2.17 bits per heavy atom. The minimum absolute atomic E-state index is 0.391. The van der Waals surface area contributed by atoms with Crippen molar-refractivity contribution in [2.45, 2.75) is 52.1 Å². The number of hydrogen-bond acceptors (Lipinski definition) is 1. The highest BCUT2D eigenvalue weighted by atomic mass is 16.3. The van der Waals surface area contributed by atoms with Crippen molar-refractivity contribution >= 4 is 0 Å². The Morgan fingerprint density at radius 3 is 2.58 bits per heavy atom. The van der Waals surface area contributed by atoms with E-state index in [-0.39, 0.29) is 0 Å². The van der Waals surface area contributed by atoms with Gasteiger partial charge in [-0.3, -0.25) is 0 Å². The van der Waals surface area contributed by atoms with Gasteiger partial charge in [0, 0.05) is 0 Å². The Balaban J connectivity index is 3.89. The minimum atomic E-state index is -0.510. The average molecular weight is 170 g/mol. The molecule has 2 atom stereocenters. The second-order valence-corrected chi connectivity index (χ2v) is 3.87. The summed E-state index contributed by atoms with van der Waals surface area (Å²) in [6.07, 6.45) is 5.85. The Bertz CT molecular complexity index is 127.